The lowest BCUT2D eigenvalue weighted by Gasteiger charge is -2.24. The summed E-state index contributed by atoms with van der Waals surface area (Å²) in [5, 5.41) is 9.66. The topological polar surface area (TPSA) is 64.4 Å². The van der Waals surface area contributed by atoms with E-state index in [0.29, 0.717) is 5.82 Å². The quantitative estimate of drug-likeness (QED) is 0.800. The molecular formula is C18H18N2O3. The van der Waals surface area contributed by atoms with Gasteiger partial charge in [0.25, 0.3) is 0 Å². The molecule has 5 nitrogen and oxygen atoms in total. The van der Waals surface area contributed by atoms with Gasteiger partial charge >= 0.3 is 5.97 Å². The van der Waals surface area contributed by atoms with Crippen LogP contribution in [0.5, 0.6) is 5.75 Å². The number of methoxy groups -OCH3 is 1. The fourth-order valence-corrected chi connectivity index (χ4v) is 2.62. The van der Waals surface area contributed by atoms with Crippen molar-refractivity contribution in [2.45, 2.75) is 19.4 Å². The second kappa shape index (κ2) is 5.43. The van der Waals surface area contributed by atoms with Crippen LogP contribution in [-0.4, -0.2) is 27.7 Å². The highest BCUT2D eigenvalue weighted by atomic mass is 16.5. The fourth-order valence-electron chi connectivity index (χ4n) is 2.62. The van der Waals surface area contributed by atoms with E-state index >= 15 is 0 Å². The monoisotopic (exact) mass is 310 g/mol. The van der Waals surface area contributed by atoms with Gasteiger partial charge in [0.2, 0.25) is 0 Å². The van der Waals surface area contributed by atoms with Crippen molar-refractivity contribution < 1.29 is 14.6 Å². The van der Waals surface area contributed by atoms with Gasteiger partial charge in [0.15, 0.2) is 0 Å². The lowest BCUT2D eigenvalue weighted by Crippen LogP contribution is -2.36. The summed E-state index contributed by atoms with van der Waals surface area (Å²) >= 11 is 0. The molecule has 0 atom stereocenters. The third kappa shape index (κ3) is 2.44. The largest absolute Gasteiger partial charge is 0.497 e. The van der Waals surface area contributed by atoms with Crippen LogP contribution in [-0.2, 0) is 10.3 Å². The molecule has 0 aliphatic heterocycles. The Kier molecular flexibility index (Phi) is 3.56. The summed E-state index contributed by atoms with van der Waals surface area (Å²) < 4.78 is 6.95. The Morgan fingerprint density at radius 1 is 1.13 bits per heavy atom. The molecule has 2 aromatic carbocycles. The molecule has 0 bridgehead atoms. The van der Waals surface area contributed by atoms with Crippen LogP contribution >= 0.6 is 0 Å². The van der Waals surface area contributed by atoms with Gasteiger partial charge in [-0.2, -0.15) is 0 Å². The minimum absolute atomic E-state index is 0.626. The first-order valence-electron chi connectivity index (χ1n) is 7.31. The van der Waals surface area contributed by atoms with Crippen LogP contribution in [0.15, 0.2) is 48.5 Å². The maximum atomic E-state index is 11.8. The Bertz CT molecular complexity index is 864. The smallest absolute Gasteiger partial charge is 0.329 e. The van der Waals surface area contributed by atoms with Gasteiger partial charge in [0.05, 0.1) is 18.1 Å². The summed E-state index contributed by atoms with van der Waals surface area (Å²) in [5.41, 5.74) is 1.29. The summed E-state index contributed by atoms with van der Waals surface area (Å²) in [6, 6.07) is 15.0. The normalized spacial score (nSPS) is 11.6. The molecule has 5 heteroatoms. The average molecular weight is 310 g/mol. The summed E-state index contributed by atoms with van der Waals surface area (Å²) in [4.78, 5) is 16.4. The molecule has 0 saturated carbocycles. The second-order valence-corrected chi connectivity index (χ2v) is 5.85. The van der Waals surface area contributed by atoms with Crippen molar-refractivity contribution in [3.63, 3.8) is 0 Å². The standard InChI is InChI=1S/C18H18N2O3/c1-18(2,17(21)22)20-15-7-5-4-6-14(15)19-16(20)12-8-10-13(23-3)11-9-12/h4-11H,1-3H3,(H,21,22). The van der Waals surface area contributed by atoms with E-state index < -0.39 is 11.5 Å². The van der Waals surface area contributed by atoms with E-state index in [0.717, 1.165) is 22.3 Å². The number of benzene rings is 2. The molecule has 23 heavy (non-hydrogen) atoms. The van der Waals surface area contributed by atoms with E-state index in [1.165, 1.54) is 0 Å². The highest BCUT2D eigenvalue weighted by Gasteiger charge is 2.33. The average Bonchev–Trinajstić information content (AvgIpc) is 2.95. The highest BCUT2D eigenvalue weighted by Crippen LogP contribution is 2.32. The van der Waals surface area contributed by atoms with E-state index in [9.17, 15) is 9.90 Å². The van der Waals surface area contributed by atoms with Gasteiger partial charge in [-0.1, -0.05) is 12.1 Å². The van der Waals surface area contributed by atoms with Crippen LogP contribution in [0, 0.1) is 0 Å². The van der Waals surface area contributed by atoms with Crippen LogP contribution in [0.3, 0.4) is 0 Å². The van der Waals surface area contributed by atoms with E-state index in [-0.39, 0.29) is 0 Å². The summed E-state index contributed by atoms with van der Waals surface area (Å²) in [6.45, 7) is 3.35. The number of rotatable bonds is 4. The van der Waals surface area contributed by atoms with Crippen LogP contribution in [0.4, 0.5) is 0 Å². The van der Waals surface area contributed by atoms with Gasteiger partial charge < -0.3 is 14.4 Å². The zero-order valence-electron chi connectivity index (χ0n) is 13.3. The SMILES string of the molecule is COc1ccc(-c2nc3ccccc3n2C(C)(C)C(=O)O)cc1. The molecule has 0 unspecified atom stereocenters. The van der Waals surface area contributed by atoms with Gasteiger partial charge in [0.1, 0.15) is 17.1 Å². The maximum absolute atomic E-state index is 11.8. The maximum Gasteiger partial charge on any atom is 0.329 e. The Labute approximate surface area is 134 Å². The predicted octanol–water partition coefficient (Wildman–Crippen LogP) is 3.53. The Morgan fingerprint density at radius 3 is 2.39 bits per heavy atom. The molecule has 0 aliphatic carbocycles. The number of carboxylic acid groups (broad SMARTS) is 1. The summed E-state index contributed by atoms with van der Waals surface area (Å²) in [7, 11) is 1.61. The third-order valence-electron chi connectivity index (χ3n) is 3.99. The third-order valence-corrected chi connectivity index (χ3v) is 3.99. The number of nitrogens with zero attached hydrogens (tertiary/aromatic N) is 2. The predicted molar refractivity (Wildman–Crippen MR) is 88.7 cm³/mol. The zero-order chi connectivity index (χ0) is 16.6. The number of fused-ring (bicyclic) bond motifs is 1. The van der Waals surface area contributed by atoms with Crippen molar-refractivity contribution in [2.24, 2.45) is 0 Å². The Morgan fingerprint density at radius 2 is 1.78 bits per heavy atom. The second-order valence-electron chi connectivity index (χ2n) is 5.85. The number of aliphatic carboxylic acids is 1. The molecule has 0 fully saturated rings. The lowest BCUT2D eigenvalue weighted by molar-refractivity contribution is -0.145. The number of hydrogen-bond donors (Lipinski definition) is 1. The molecule has 1 N–H and O–H groups in total. The zero-order valence-corrected chi connectivity index (χ0v) is 13.3. The molecule has 0 saturated heterocycles. The van der Waals surface area contributed by atoms with Gasteiger partial charge in [-0.3, -0.25) is 0 Å². The highest BCUT2D eigenvalue weighted by molar-refractivity contribution is 5.86. The molecule has 3 aromatic rings. The summed E-state index contributed by atoms with van der Waals surface area (Å²) in [5.74, 6) is 0.463. The molecule has 3 rings (SSSR count). The van der Waals surface area contributed by atoms with E-state index in [4.69, 9.17) is 4.74 Å². The number of aromatic nitrogens is 2. The Hall–Kier alpha value is -2.82. The lowest BCUT2D eigenvalue weighted by atomic mass is 10.0. The molecule has 0 radical (unpaired) electrons. The number of para-hydroxylation sites is 2. The van der Waals surface area contributed by atoms with Gasteiger partial charge in [-0.05, 0) is 50.2 Å². The van der Waals surface area contributed by atoms with E-state index in [1.807, 2.05) is 48.5 Å². The van der Waals surface area contributed by atoms with Crippen LogP contribution in [0.1, 0.15) is 13.8 Å². The Balaban J connectivity index is 2.29. The summed E-state index contributed by atoms with van der Waals surface area (Å²) in [6.07, 6.45) is 0. The molecule has 1 heterocycles. The van der Waals surface area contributed by atoms with Crippen molar-refractivity contribution in [3.05, 3.63) is 48.5 Å². The van der Waals surface area contributed by atoms with Gasteiger partial charge in [-0.25, -0.2) is 9.78 Å². The first-order valence-corrected chi connectivity index (χ1v) is 7.31. The first kappa shape index (κ1) is 15.1. The van der Waals surface area contributed by atoms with Crippen molar-refractivity contribution in [1.29, 1.82) is 0 Å². The molecular weight excluding hydrogens is 292 g/mol. The fraction of sp³-hybridized carbons (Fsp3) is 0.222. The molecule has 0 spiro atoms. The molecule has 118 valence electrons. The number of hydrogen-bond acceptors (Lipinski definition) is 3. The minimum Gasteiger partial charge on any atom is -0.497 e. The molecule has 0 amide bonds. The first-order chi connectivity index (χ1) is 10.9. The van der Waals surface area contributed by atoms with E-state index in [1.54, 1.807) is 25.5 Å². The molecule has 0 aliphatic rings. The van der Waals surface area contributed by atoms with Crippen LogP contribution < -0.4 is 4.74 Å². The van der Waals surface area contributed by atoms with Crippen molar-refractivity contribution in [3.8, 4) is 17.1 Å². The van der Waals surface area contributed by atoms with Crippen molar-refractivity contribution in [1.82, 2.24) is 9.55 Å². The van der Waals surface area contributed by atoms with Crippen molar-refractivity contribution >= 4 is 17.0 Å². The van der Waals surface area contributed by atoms with Crippen molar-refractivity contribution in [2.75, 3.05) is 7.11 Å². The van der Waals surface area contributed by atoms with Gasteiger partial charge in [0, 0.05) is 5.56 Å². The van der Waals surface area contributed by atoms with Crippen LogP contribution in [0.2, 0.25) is 0 Å². The van der Waals surface area contributed by atoms with Crippen LogP contribution in [0.25, 0.3) is 22.4 Å². The van der Waals surface area contributed by atoms with Gasteiger partial charge in [-0.15, -0.1) is 0 Å². The minimum atomic E-state index is -1.12. The number of imidazole rings is 1. The van der Waals surface area contributed by atoms with E-state index in [2.05, 4.69) is 4.98 Å². The number of ether oxygens (including phenoxy) is 1. The number of carboxylic acids is 1. The number of carbonyl (C=O) groups is 1. The molecule has 1 aromatic heterocycles.